The Morgan fingerprint density at radius 2 is 0.652 bits per heavy atom. The van der Waals surface area contributed by atoms with Crippen LogP contribution in [0.4, 0.5) is 0 Å². The van der Waals surface area contributed by atoms with E-state index in [4.69, 9.17) is 4.42 Å². The Balaban J connectivity index is 1.25. The fourth-order valence-electron chi connectivity index (χ4n) is 12.3. The molecule has 0 saturated carbocycles. The average Bonchev–Trinajstić information content (AvgIpc) is 3.99. The van der Waals surface area contributed by atoms with Crippen LogP contribution in [0, 0.1) is 0 Å². The standard InChI is InChI=1S/C48H45B15N2O/c49-31-25(33(51)38(56)34(52)27(31)28-35(53)39(57)41(59)40(58)36(28)54)26-32(50)29-30-46(43(61)42(60)45(63)48(30)66-47(29)44(62)37(26)55)65-23-12-6-3-9-19(23)20-15-16(13-14-24(20)65)64-21-10-4-1-7-17(21)18-8-2-5-11-22(18)64/h1-15H,49-63H2. The highest BCUT2D eigenvalue weighted by Crippen LogP contribution is 2.39. The van der Waals surface area contributed by atoms with Crippen LogP contribution in [0.15, 0.2) is 95.4 Å². The maximum atomic E-state index is 7.26. The molecule has 8 aromatic carbocycles. The predicted octanol–water partition coefficient (Wildman–Crippen LogP) is -13.0. The summed E-state index contributed by atoms with van der Waals surface area (Å²) in [6.07, 6.45) is 0. The smallest absolute Gasteiger partial charge is 0.143 e. The third-order valence-electron chi connectivity index (χ3n) is 16.8. The quantitative estimate of drug-likeness (QED) is 0.162. The van der Waals surface area contributed by atoms with Crippen LogP contribution in [-0.2, 0) is 0 Å². The molecule has 298 valence electrons. The largest absolute Gasteiger partial charge is 0.457 e. The Morgan fingerprint density at radius 1 is 0.288 bits per heavy atom. The van der Waals surface area contributed by atoms with Crippen LogP contribution in [0.2, 0.25) is 0 Å². The van der Waals surface area contributed by atoms with Gasteiger partial charge in [0.2, 0.25) is 0 Å². The van der Waals surface area contributed by atoms with Crippen molar-refractivity contribution in [3.05, 3.63) is 91.0 Å². The lowest BCUT2D eigenvalue weighted by atomic mass is 9.55. The molecule has 0 amide bonds. The molecule has 0 fully saturated rings. The number of para-hydroxylation sites is 3. The Labute approximate surface area is 401 Å². The summed E-state index contributed by atoms with van der Waals surface area (Å²) in [6.45, 7) is 0. The lowest BCUT2D eigenvalue weighted by Gasteiger charge is -2.29. The molecule has 0 bridgehead atoms. The molecule has 0 spiro atoms. The molecule has 18 heteroatoms. The van der Waals surface area contributed by atoms with Crippen molar-refractivity contribution < 1.29 is 4.42 Å². The van der Waals surface area contributed by atoms with Crippen LogP contribution < -0.4 is 81.9 Å². The van der Waals surface area contributed by atoms with Crippen molar-refractivity contribution in [3.8, 4) is 33.6 Å². The molecule has 0 atom stereocenters. The molecular formula is C48H45B15N2O. The van der Waals surface area contributed by atoms with Crippen LogP contribution in [0.3, 0.4) is 0 Å². The summed E-state index contributed by atoms with van der Waals surface area (Å²) in [7, 11) is 34.7. The lowest BCUT2D eigenvalue weighted by Crippen LogP contribution is -2.57. The normalized spacial score (nSPS) is 11.9. The average molecular weight is 828 g/mol. The zero-order chi connectivity index (χ0) is 46.5. The molecule has 0 radical (unpaired) electrons. The first-order valence-electron chi connectivity index (χ1n) is 23.7. The van der Waals surface area contributed by atoms with E-state index < -0.39 is 0 Å². The van der Waals surface area contributed by atoms with E-state index in [1.165, 1.54) is 164 Å². The van der Waals surface area contributed by atoms with Crippen LogP contribution in [0.5, 0.6) is 0 Å². The van der Waals surface area contributed by atoms with Gasteiger partial charge in [-0.1, -0.05) is 115 Å². The van der Waals surface area contributed by atoms with Crippen molar-refractivity contribution in [2.24, 2.45) is 0 Å². The molecule has 0 aliphatic rings. The summed E-state index contributed by atoms with van der Waals surface area (Å²) in [5.74, 6) is 0. The summed E-state index contributed by atoms with van der Waals surface area (Å²) in [6, 6.07) is 33.6. The first-order chi connectivity index (χ1) is 31.6. The second-order valence-corrected chi connectivity index (χ2v) is 19.7. The minimum Gasteiger partial charge on any atom is -0.457 e. The van der Waals surface area contributed by atoms with Gasteiger partial charge in [0.25, 0.3) is 0 Å². The minimum atomic E-state index is 0.977. The van der Waals surface area contributed by atoms with Gasteiger partial charge in [0, 0.05) is 32.6 Å². The molecule has 0 aliphatic heterocycles. The van der Waals surface area contributed by atoms with Crippen LogP contribution in [0.1, 0.15) is 0 Å². The zero-order valence-corrected chi connectivity index (χ0v) is 41.5. The van der Waals surface area contributed by atoms with Crippen molar-refractivity contribution in [1.29, 1.82) is 0 Å². The van der Waals surface area contributed by atoms with Crippen LogP contribution >= 0.6 is 0 Å². The van der Waals surface area contributed by atoms with E-state index in [1.807, 2.05) is 0 Å². The number of furan rings is 1. The Morgan fingerprint density at radius 3 is 1.20 bits per heavy atom. The van der Waals surface area contributed by atoms with E-state index in [2.05, 4.69) is 218 Å². The van der Waals surface area contributed by atoms with E-state index >= 15 is 0 Å². The summed E-state index contributed by atoms with van der Waals surface area (Å²) in [5, 5.41) is 7.41. The van der Waals surface area contributed by atoms with E-state index in [1.54, 1.807) is 0 Å². The monoisotopic (exact) mass is 830 g/mol. The van der Waals surface area contributed by atoms with Gasteiger partial charge in [0.1, 0.15) is 129 Å². The number of hydrogen-bond donors (Lipinski definition) is 0. The zero-order valence-electron chi connectivity index (χ0n) is 41.5. The maximum absolute atomic E-state index is 7.26. The number of benzene rings is 8. The molecule has 0 unspecified atom stereocenters. The van der Waals surface area contributed by atoms with Gasteiger partial charge in [0.05, 0.1) is 33.1 Å². The van der Waals surface area contributed by atoms with E-state index in [-0.39, 0.29) is 0 Å². The van der Waals surface area contributed by atoms with Gasteiger partial charge in [-0.25, -0.2) is 0 Å². The molecule has 0 saturated heterocycles. The van der Waals surface area contributed by atoms with Crippen LogP contribution in [-0.4, -0.2) is 127 Å². The topological polar surface area (TPSA) is 23.0 Å². The van der Waals surface area contributed by atoms with Gasteiger partial charge < -0.3 is 13.6 Å². The molecule has 0 N–H and O–H groups in total. The molecule has 3 heterocycles. The molecule has 0 aliphatic carbocycles. The van der Waals surface area contributed by atoms with E-state index in [0.717, 1.165) is 16.9 Å². The second-order valence-electron chi connectivity index (χ2n) is 19.7. The number of aromatic nitrogens is 2. The second kappa shape index (κ2) is 15.1. The van der Waals surface area contributed by atoms with Crippen molar-refractivity contribution >= 4 is 265 Å². The number of hydrogen-bond acceptors (Lipinski definition) is 1. The van der Waals surface area contributed by atoms with Crippen molar-refractivity contribution in [2.75, 3.05) is 0 Å². The van der Waals surface area contributed by atoms with E-state index in [9.17, 15) is 0 Å². The highest BCUT2D eigenvalue weighted by Gasteiger charge is 2.29. The third kappa shape index (κ3) is 5.60. The number of fused-ring (bicyclic) bond motifs is 9. The Bertz CT molecular complexity index is 3940. The van der Waals surface area contributed by atoms with Gasteiger partial charge >= 0.3 is 0 Å². The molecular weight excluding hydrogens is 783 g/mol. The van der Waals surface area contributed by atoms with Crippen molar-refractivity contribution in [2.45, 2.75) is 0 Å². The Kier molecular flexibility index (Phi) is 9.77. The fourth-order valence-corrected chi connectivity index (χ4v) is 12.3. The first kappa shape index (κ1) is 42.8. The highest BCUT2D eigenvalue weighted by atomic mass is 16.3. The third-order valence-corrected chi connectivity index (χ3v) is 16.8. The SMILES string of the molecule is Bc1c(B)c(B)c(-c2c(B)c(B)c(B)c(-c3c(B)c(B)c4oc5c(B)c(B)c(B)c(-n6c7ccccc7c7cc(-n8c9ccccc9c9ccccc98)ccc76)c5c4c3B)c2B)c(B)c1B. The summed E-state index contributed by atoms with van der Waals surface area (Å²) in [4.78, 5) is 0. The maximum Gasteiger partial charge on any atom is 0.143 e. The molecule has 66 heavy (non-hydrogen) atoms. The van der Waals surface area contributed by atoms with Crippen LogP contribution in [0.25, 0.3) is 99.2 Å². The number of nitrogens with zero attached hydrogens (tertiary/aromatic N) is 2. The van der Waals surface area contributed by atoms with Crippen molar-refractivity contribution in [3.63, 3.8) is 0 Å². The molecule has 3 aromatic heterocycles. The predicted molar refractivity (Wildman–Crippen MR) is 336 cm³/mol. The summed E-state index contributed by atoms with van der Waals surface area (Å²) >= 11 is 0. The van der Waals surface area contributed by atoms with Crippen molar-refractivity contribution in [1.82, 2.24) is 9.13 Å². The fraction of sp³-hybridized carbons (Fsp3) is 0. The number of rotatable bonds is 4. The van der Waals surface area contributed by atoms with Gasteiger partial charge in [0.15, 0.2) is 0 Å². The minimum absolute atomic E-state index is 0.977. The molecule has 11 rings (SSSR count). The molecule has 11 aromatic rings. The lowest BCUT2D eigenvalue weighted by molar-refractivity contribution is 0.674. The summed E-state index contributed by atoms with van der Waals surface area (Å²) < 4.78 is 12.2. The first-order valence-corrected chi connectivity index (χ1v) is 23.7. The highest BCUT2D eigenvalue weighted by molar-refractivity contribution is 6.72. The Hall–Kier alpha value is -5.87. The summed E-state index contributed by atoms with van der Waals surface area (Å²) in [5.41, 5.74) is 34.5. The van der Waals surface area contributed by atoms with Gasteiger partial charge in [-0.15, -0.1) is 21.9 Å². The van der Waals surface area contributed by atoms with Gasteiger partial charge in [-0.3, -0.25) is 0 Å². The molecule has 3 nitrogen and oxygen atoms in total. The van der Waals surface area contributed by atoms with Gasteiger partial charge in [-0.05, 0) is 58.7 Å². The van der Waals surface area contributed by atoms with Gasteiger partial charge in [-0.2, -0.15) is 0 Å². The van der Waals surface area contributed by atoms with E-state index in [0.29, 0.717) is 0 Å².